The lowest BCUT2D eigenvalue weighted by Gasteiger charge is -2.08. The number of alkyl halides is 6. The van der Waals surface area contributed by atoms with E-state index in [2.05, 4.69) is 31.3 Å². The minimum atomic E-state index is -4.49. The molecule has 45 heavy (non-hydrogen) atoms. The molecule has 10 nitrogen and oxygen atoms in total. The van der Waals surface area contributed by atoms with Crippen LogP contribution in [0.25, 0.3) is 20.7 Å². The van der Waals surface area contributed by atoms with Crippen molar-refractivity contribution in [3.05, 3.63) is 106 Å². The zero-order valence-corrected chi connectivity index (χ0v) is 23.3. The van der Waals surface area contributed by atoms with Gasteiger partial charge in [-0.15, -0.1) is 10.2 Å². The minimum absolute atomic E-state index is 0.0956. The molecule has 0 radical (unpaired) electrons. The lowest BCUT2D eigenvalue weighted by Crippen LogP contribution is -2.23. The summed E-state index contributed by atoms with van der Waals surface area (Å²) in [6.45, 7) is -0.191. The number of carbonyl (C=O) groups excluding carboxylic acids is 2. The van der Waals surface area contributed by atoms with E-state index in [4.69, 9.17) is 0 Å². The van der Waals surface area contributed by atoms with E-state index in [9.17, 15) is 35.9 Å². The largest absolute Gasteiger partial charge is 0.416 e. The van der Waals surface area contributed by atoms with Gasteiger partial charge in [-0.2, -0.15) is 26.3 Å². The number of hydrogen-bond donors (Lipinski definition) is 2. The van der Waals surface area contributed by atoms with Gasteiger partial charge in [-0.25, -0.2) is 9.03 Å². The highest BCUT2D eigenvalue weighted by Crippen LogP contribution is 2.30. The highest BCUT2D eigenvalue weighted by molar-refractivity contribution is 7.22. The summed E-state index contributed by atoms with van der Waals surface area (Å²) in [5.74, 6) is -1.34. The number of carbonyl (C=O) groups is 2. The van der Waals surface area contributed by atoms with E-state index in [1.165, 1.54) is 33.3 Å². The molecule has 0 aliphatic carbocycles. The molecule has 230 valence electrons. The van der Waals surface area contributed by atoms with E-state index in [-0.39, 0.29) is 34.1 Å². The lowest BCUT2D eigenvalue weighted by molar-refractivity contribution is -0.138. The van der Waals surface area contributed by atoms with Gasteiger partial charge in [0.1, 0.15) is 0 Å². The second kappa shape index (κ2) is 11.3. The summed E-state index contributed by atoms with van der Waals surface area (Å²) in [6, 6.07) is 15.5. The molecule has 0 fully saturated rings. The smallest absolute Gasteiger partial charge is 0.346 e. The van der Waals surface area contributed by atoms with Gasteiger partial charge in [-0.1, -0.05) is 58.2 Å². The molecule has 2 N–H and O–H groups in total. The number of nitrogens with one attached hydrogen (secondary N) is 2. The monoisotopic (exact) mass is 644 g/mol. The molecule has 3 aromatic carbocycles. The quantitative estimate of drug-likeness (QED) is 0.233. The Bertz CT molecular complexity index is 1930. The Labute approximate surface area is 251 Å². The number of amides is 2. The van der Waals surface area contributed by atoms with Crippen LogP contribution in [0.3, 0.4) is 0 Å². The number of hydrogen-bond acceptors (Lipinski definition) is 7. The highest BCUT2D eigenvalue weighted by Gasteiger charge is 2.31. The van der Waals surface area contributed by atoms with Crippen molar-refractivity contribution in [1.29, 1.82) is 0 Å². The average molecular weight is 645 g/mol. The van der Waals surface area contributed by atoms with E-state index in [0.717, 1.165) is 35.6 Å². The van der Waals surface area contributed by atoms with Crippen molar-refractivity contribution in [2.24, 2.45) is 0 Å². The molecule has 0 aliphatic rings. The van der Waals surface area contributed by atoms with Crippen LogP contribution in [0.15, 0.2) is 72.8 Å². The van der Waals surface area contributed by atoms with Crippen LogP contribution >= 0.6 is 11.3 Å². The van der Waals surface area contributed by atoms with Gasteiger partial charge < -0.3 is 10.6 Å². The molecule has 0 aliphatic heterocycles. The second-order valence-electron chi connectivity index (χ2n) is 9.66. The van der Waals surface area contributed by atoms with Crippen molar-refractivity contribution in [3.63, 3.8) is 0 Å². The van der Waals surface area contributed by atoms with Crippen LogP contribution in [0.2, 0.25) is 0 Å². The fourth-order valence-electron chi connectivity index (χ4n) is 4.40. The summed E-state index contributed by atoms with van der Waals surface area (Å²) >= 11 is 0.940. The van der Waals surface area contributed by atoms with Gasteiger partial charge in [0, 0.05) is 13.1 Å². The molecule has 6 aromatic rings. The van der Waals surface area contributed by atoms with E-state index >= 15 is 0 Å². The van der Waals surface area contributed by atoms with E-state index in [1.807, 2.05) is 0 Å². The molecule has 0 atom stereocenters. The Morgan fingerprint density at radius 1 is 0.622 bits per heavy atom. The first-order valence-corrected chi connectivity index (χ1v) is 13.8. The molecule has 2 amide bonds. The predicted molar refractivity (Wildman–Crippen MR) is 149 cm³/mol. The summed E-state index contributed by atoms with van der Waals surface area (Å²) in [6.07, 6.45) is -8.98. The number of rotatable bonds is 6. The summed E-state index contributed by atoms with van der Waals surface area (Å²) < 4.78 is 80.1. The Kier molecular flexibility index (Phi) is 7.47. The molecule has 0 bridgehead atoms. The fraction of sp³-hybridized carbons (Fsp3) is 0.143. The SMILES string of the molecule is O=C(NCc1ccc(C(F)(F)F)cc1)c1nnn2c1sc1c(C(=O)NCc3ccc(C(F)(F)F)cc3)nnn1c1ccccc12. The fourth-order valence-corrected chi connectivity index (χ4v) is 5.49. The maximum absolute atomic E-state index is 13.2. The standard InChI is InChI=1S/C28H18F6N8O2S/c29-27(30,31)17-9-5-15(6-10-17)13-35-23(43)21-25-41(39-37-21)19-3-1-2-4-20(19)42-26(45-25)22(38-40-42)24(44)36-14-16-7-11-18(12-8-16)28(32,33)34/h1-12H,13-14H2,(H,35,43)(H,36,44). The van der Waals surface area contributed by atoms with E-state index in [1.54, 1.807) is 24.3 Å². The Morgan fingerprint density at radius 3 is 1.36 bits per heavy atom. The summed E-state index contributed by atoms with van der Waals surface area (Å²) in [5.41, 5.74) is -0.102. The van der Waals surface area contributed by atoms with Gasteiger partial charge in [0.15, 0.2) is 21.0 Å². The van der Waals surface area contributed by atoms with Crippen molar-refractivity contribution in [2.75, 3.05) is 0 Å². The number of para-hydroxylation sites is 2. The molecule has 0 saturated heterocycles. The minimum Gasteiger partial charge on any atom is -0.346 e. The van der Waals surface area contributed by atoms with Crippen LogP contribution in [0.1, 0.15) is 43.2 Å². The van der Waals surface area contributed by atoms with Crippen molar-refractivity contribution in [2.45, 2.75) is 25.4 Å². The average Bonchev–Trinajstić information content (AvgIpc) is 3.60. The van der Waals surface area contributed by atoms with E-state index < -0.39 is 35.3 Å². The highest BCUT2D eigenvalue weighted by atomic mass is 32.1. The Balaban J connectivity index is 1.32. The summed E-state index contributed by atoms with van der Waals surface area (Å²) in [7, 11) is 0. The molecular weight excluding hydrogens is 626 g/mol. The van der Waals surface area contributed by atoms with Crippen molar-refractivity contribution in [1.82, 2.24) is 40.3 Å². The van der Waals surface area contributed by atoms with Crippen LogP contribution in [0.5, 0.6) is 0 Å². The van der Waals surface area contributed by atoms with Crippen LogP contribution in [0.4, 0.5) is 26.3 Å². The number of aromatic nitrogens is 6. The Hall–Kier alpha value is -5.32. The first-order chi connectivity index (χ1) is 21.4. The van der Waals surface area contributed by atoms with Gasteiger partial charge >= 0.3 is 12.4 Å². The molecular formula is C28H18F6N8O2S. The third-order valence-corrected chi connectivity index (χ3v) is 7.81. The maximum atomic E-state index is 13.2. The number of fused-ring (bicyclic) bond motifs is 5. The molecule has 17 heteroatoms. The lowest BCUT2D eigenvalue weighted by atomic mass is 10.1. The predicted octanol–water partition coefficient (Wildman–Crippen LogP) is 5.45. The van der Waals surface area contributed by atoms with Crippen LogP contribution in [-0.2, 0) is 25.4 Å². The van der Waals surface area contributed by atoms with Crippen LogP contribution < -0.4 is 10.6 Å². The van der Waals surface area contributed by atoms with Gasteiger partial charge in [0.25, 0.3) is 11.8 Å². The first kappa shape index (κ1) is 29.7. The molecule has 6 rings (SSSR count). The van der Waals surface area contributed by atoms with Crippen LogP contribution in [-0.4, -0.2) is 41.5 Å². The summed E-state index contributed by atoms with van der Waals surface area (Å²) in [4.78, 5) is 26.8. The van der Waals surface area contributed by atoms with Crippen molar-refractivity contribution in [3.8, 4) is 0 Å². The van der Waals surface area contributed by atoms with Crippen molar-refractivity contribution >= 4 is 43.8 Å². The molecule has 0 unspecified atom stereocenters. The number of nitrogens with zero attached hydrogens (tertiary/aromatic N) is 6. The Morgan fingerprint density at radius 2 is 1.00 bits per heavy atom. The molecule has 3 aromatic heterocycles. The van der Waals surface area contributed by atoms with E-state index in [0.29, 0.717) is 22.2 Å². The van der Waals surface area contributed by atoms with Crippen molar-refractivity contribution < 1.29 is 35.9 Å². The molecule has 3 heterocycles. The number of benzene rings is 3. The molecule has 0 spiro atoms. The first-order valence-electron chi connectivity index (χ1n) is 13.0. The topological polar surface area (TPSA) is 119 Å². The summed E-state index contributed by atoms with van der Waals surface area (Å²) in [5, 5.41) is 21.6. The molecule has 0 saturated carbocycles. The van der Waals surface area contributed by atoms with Gasteiger partial charge in [-0.3, -0.25) is 9.59 Å². The zero-order chi connectivity index (χ0) is 31.9. The normalized spacial score (nSPS) is 12.1. The third kappa shape index (κ3) is 5.93. The van der Waals surface area contributed by atoms with Gasteiger partial charge in [-0.05, 0) is 47.5 Å². The third-order valence-electron chi connectivity index (χ3n) is 6.69. The van der Waals surface area contributed by atoms with Gasteiger partial charge in [0.05, 0.1) is 22.2 Å². The van der Waals surface area contributed by atoms with Crippen LogP contribution in [0, 0.1) is 0 Å². The maximum Gasteiger partial charge on any atom is 0.416 e. The number of halogens is 6. The zero-order valence-electron chi connectivity index (χ0n) is 22.5. The second-order valence-corrected chi connectivity index (χ2v) is 10.6. The van der Waals surface area contributed by atoms with Gasteiger partial charge in [0.2, 0.25) is 0 Å².